The molecule has 1 aromatic carbocycles. The van der Waals surface area contributed by atoms with Crippen molar-refractivity contribution in [2.45, 2.75) is 45.6 Å². The number of hydrogen-bond donors (Lipinski definition) is 1. The molecule has 1 aliphatic rings. The lowest BCUT2D eigenvalue weighted by Gasteiger charge is -2.37. The molecule has 0 saturated heterocycles. The molecule has 4 nitrogen and oxygen atoms in total. The minimum absolute atomic E-state index is 0.0535. The van der Waals surface area contributed by atoms with Gasteiger partial charge in [-0.05, 0) is 37.2 Å². The molecular formula is C18H25NO3. The molecular weight excluding hydrogens is 278 g/mol. The van der Waals surface area contributed by atoms with Crippen LogP contribution in [0.3, 0.4) is 0 Å². The van der Waals surface area contributed by atoms with Gasteiger partial charge in [-0.2, -0.15) is 0 Å². The van der Waals surface area contributed by atoms with Crippen molar-refractivity contribution in [3.63, 3.8) is 0 Å². The van der Waals surface area contributed by atoms with Gasteiger partial charge in [0.25, 0.3) is 0 Å². The van der Waals surface area contributed by atoms with Crippen molar-refractivity contribution in [2.75, 3.05) is 7.11 Å². The van der Waals surface area contributed by atoms with Crippen LogP contribution in [0.15, 0.2) is 30.3 Å². The number of methoxy groups -OCH3 is 1. The van der Waals surface area contributed by atoms with Crippen LogP contribution in [0, 0.1) is 16.7 Å². The highest BCUT2D eigenvalue weighted by atomic mass is 16.5. The fourth-order valence-corrected chi connectivity index (χ4v) is 3.17. The third-order valence-corrected chi connectivity index (χ3v) is 4.77. The van der Waals surface area contributed by atoms with E-state index in [4.69, 9.17) is 14.9 Å². The summed E-state index contributed by atoms with van der Waals surface area (Å²) in [6.07, 6.45) is 4.30. The van der Waals surface area contributed by atoms with Crippen molar-refractivity contribution >= 4 is 11.9 Å². The van der Waals surface area contributed by atoms with Gasteiger partial charge >= 0.3 is 5.97 Å². The lowest BCUT2D eigenvalue weighted by molar-refractivity contribution is -0.151. The zero-order valence-corrected chi connectivity index (χ0v) is 13.4. The monoisotopic (exact) mass is 303 g/mol. The molecule has 0 heterocycles. The van der Waals surface area contributed by atoms with Gasteiger partial charge in [-0.3, -0.25) is 10.2 Å². The van der Waals surface area contributed by atoms with Gasteiger partial charge in [0.05, 0.1) is 7.11 Å². The molecule has 0 radical (unpaired) electrons. The highest BCUT2D eigenvalue weighted by molar-refractivity contribution is 6.01. The Morgan fingerprint density at radius 3 is 2.45 bits per heavy atom. The van der Waals surface area contributed by atoms with Crippen LogP contribution in [0.4, 0.5) is 0 Å². The number of nitrogens with one attached hydrogen (secondary N) is 1. The second-order valence-electron chi connectivity index (χ2n) is 6.03. The first-order valence-corrected chi connectivity index (χ1v) is 7.96. The standard InChI is InChI=1S/C18H25NO3/c1-3-14-9-11-18(12-10-14,17(20)21-2)16(19)22-13-15-7-5-4-6-8-15/h4-8,14,19H,3,9-13H2,1-2H3. The molecule has 0 spiro atoms. The molecule has 1 aromatic rings. The quantitative estimate of drug-likeness (QED) is 0.509. The van der Waals surface area contributed by atoms with E-state index in [2.05, 4.69) is 6.92 Å². The van der Waals surface area contributed by atoms with Gasteiger partial charge in [-0.1, -0.05) is 43.7 Å². The third kappa shape index (κ3) is 3.49. The summed E-state index contributed by atoms with van der Waals surface area (Å²) < 4.78 is 10.6. The van der Waals surface area contributed by atoms with Gasteiger partial charge in [0.15, 0.2) is 5.90 Å². The molecule has 1 saturated carbocycles. The van der Waals surface area contributed by atoms with Crippen molar-refractivity contribution in [1.29, 1.82) is 5.41 Å². The summed E-state index contributed by atoms with van der Waals surface area (Å²) in [5.74, 6) is 0.359. The molecule has 0 bridgehead atoms. The number of rotatable bonds is 5. The van der Waals surface area contributed by atoms with Crippen LogP contribution in [-0.4, -0.2) is 19.0 Å². The first-order chi connectivity index (χ1) is 10.6. The van der Waals surface area contributed by atoms with E-state index in [9.17, 15) is 4.79 Å². The van der Waals surface area contributed by atoms with Crippen LogP contribution in [0.1, 0.15) is 44.6 Å². The van der Waals surface area contributed by atoms with Crippen molar-refractivity contribution in [1.82, 2.24) is 0 Å². The van der Waals surface area contributed by atoms with Crippen molar-refractivity contribution in [3.8, 4) is 0 Å². The number of esters is 1. The van der Waals surface area contributed by atoms with E-state index in [0.717, 1.165) is 24.8 Å². The van der Waals surface area contributed by atoms with Crippen LogP contribution < -0.4 is 0 Å². The normalized spacial score (nSPS) is 24.5. The SMILES string of the molecule is CCC1CCC(C(=N)OCc2ccccc2)(C(=O)OC)CC1. The van der Waals surface area contributed by atoms with Crippen LogP contribution in [-0.2, 0) is 20.9 Å². The van der Waals surface area contributed by atoms with E-state index in [1.54, 1.807) is 0 Å². The summed E-state index contributed by atoms with van der Waals surface area (Å²) >= 11 is 0. The average molecular weight is 303 g/mol. The fraction of sp³-hybridized carbons (Fsp3) is 0.556. The Balaban J connectivity index is 2.05. The van der Waals surface area contributed by atoms with E-state index in [-0.39, 0.29) is 11.9 Å². The number of ether oxygens (including phenoxy) is 2. The second-order valence-corrected chi connectivity index (χ2v) is 6.03. The largest absolute Gasteiger partial charge is 0.475 e. The number of hydrogen-bond acceptors (Lipinski definition) is 4. The Morgan fingerprint density at radius 2 is 1.91 bits per heavy atom. The van der Waals surface area contributed by atoms with Gasteiger partial charge in [0.2, 0.25) is 0 Å². The molecule has 0 amide bonds. The lowest BCUT2D eigenvalue weighted by Crippen LogP contribution is -2.44. The topological polar surface area (TPSA) is 59.4 Å². The van der Waals surface area contributed by atoms with E-state index in [0.29, 0.717) is 25.4 Å². The smallest absolute Gasteiger partial charge is 0.321 e. The highest BCUT2D eigenvalue weighted by Crippen LogP contribution is 2.42. The zero-order chi connectivity index (χ0) is 16.0. The molecule has 0 unspecified atom stereocenters. The molecule has 4 heteroatoms. The van der Waals surface area contributed by atoms with Gasteiger partial charge in [0.1, 0.15) is 12.0 Å². The Kier molecular flexibility index (Phi) is 5.58. The molecule has 1 aliphatic carbocycles. The molecule has 1 N–H and O–H groups in total. The summed E-state index contributed by atoms with van der Waals surface area (Å²) in [4.78, 5) is 12.3. The Morgan fingerprint density at radius 1 is 1.27 bits per heavy atom. The molecule has 1 fully saturated rings. The Hall–Kier alpha value is -1.84. The maximum Gasteiger partial charge on any atom is 0.321 e. The van der Waals surface area contributed by atoms with Crippen LogP contribution in [0.5, 0.6) is 0 Å². The Bertz CT molecular complexity index is 504. The Labute approximate surface area is 132 Å². The van der Waals surface area contributed by atoms with Crippen molar-refractivity contribution < 1.29 is 14.3 Å². The maximum absolute atomic E-state index is 12.3. The summed E-state index contributed by atoms with van der Waals surface area (Å²) in [5.41, 5.74) is 0.101. The van der Waals surface area contributed by atoms with Gasteiger partial charge < -0.3 is 9.47 Å². The molecule has 0 atom stereocenters. The molecule has 120 valence electrons. The first kappa shape index (κ1) is 16.5. The average Bonchev–Trinajstić information content (AvgIpc) is 2.59. The fourth-order valence-electron chi connectivity index (χ4n) is 3.17. The predicted octanol–water partition coefficient (Wildman–Crippen LogP) is 3.94. The van der Waals surface area contributed by atoms with E-state index in [1.807, 2.05) is 30.3 Å². The van der Waals surface area contributed by atoms with E-state index >= 15 is 0 Å². The first-order valence-electron chi connectivity index (χ1n) is 7.96. The van der Waals surface area contributed by atoms with Crippen LogP contribution >= 0.6 is 0 Å². The summed E-state index contributed by atoms with van der Waals surface area (Å²) in [6, 6.07) is 9.71. The molecule has 0 aromatic heterocycles. The van der Waals surface area contributed by atoms with Gasteiger partial charge in [-0.15, -0.1) is 0 Å². The summed E-state index contributed by atoms with van der Waals surface area (Å²) in [5, 5.41) is 8.31. The maximum atomic E-state index is 12.3. The van der Waals surface area contributed by atoms with Crippen LogP contribution in [0.25, 0.3) is 0 Å². The van der Waals surface area contributed by atoms with Crippen LogP contribution in [0.2, 0.25) is 0 Å². The van der Waals surface area contributed by atoms with E-state index < -0.39 is 5.41 Å². The molecule has 2 rings (SSSR count). The number of carbonyl (C=O) groups excluding carboxylic acids is 1. The van der Waals surface area contributed by atoms with E-state index in [1.165, 1.54) is 7.11 Å². The van der Waals surface area contributed by atoms with Crippen molar-refractivity contribution in [3.05, 3.63) is 35.9 Å². The lowest BCUT2D eigenvalue weighted by atomic mass is 9.69. The minimum Gasteiger partial charge on any atom is -0.475 e. The van der Waals surface area contributed by atoms with Crippen molar-refractivity contribution in [2.24, 2.45) is 11.3 Å². The number of carbonyl (C=O) groups is 1. The summed E-state index contributed by atoms with van der Waals surface area (Å²) in [7, 11) is 1.39. The van der Waals surface area contributed by atoms with Gasteiger partial charge in [-0.25, -0.2) is 0 Å². The predicted molar refractivity (Wildman–Crippen MR) is 85.7 cm³/mol. The molecule has 22 heavy (non-hydrogen) atoms. The third-order valence-electron chi connectivity index (χ3n) is 4.77. The second kappa shape index (κ2) is 7.43. The minimum atomic E-state index is -0.894. The van der Waals surface area contributed by atoms with Gasteiger partial charge in [0, 0.05) is 0 Å². The number of benzene rings is 1. The zero-order valence-electron chi connectivity index (χ0n) is 13.4. The molecule has 0 aliphatic heterocycles. The highest BCUT2D eigenvalue weighted by Gasteiger charge is 2.47. The summed E-state index contributed by atoms with van der Waals surface area (Å²) in [6.45, 7) is 2.49.